The number of pyridine rings is 1. The van der Waals surface area contributed by atoms with Crippen LogP contribution in [0, 0.1) is 13.8 Å². The normalized spacial score (nSPS) is 10.8. The van der Waals surface area contributed by atoms with Crippen molar-refractivity contribution in [2.24, 2.45) is 0 Å². The van der Waals surface area contributed by atoms with Crippen LogP contribution in [0.25, 0.3) is 16.7 Å². The predicted molar refractivity (Wildman–Crippen MR) is 136 cm³/mol. The molecular weight excluding hydrogens is 464 g/mol. The van der Waals surface area contributed by atoms with E-state index in [1.165, 1.54) is 25.9 Å². The lowest BCUT2D eigenvalue weighted by Gasteiger charge is -2.17. The molecule has 0 aliphatic carbocycles. The number of amides is 1. The van der Waals surface area contributed by atoms with Crippen molar-refractivity contribution in [3.8, 4) is 22.9 Å². The molecule has 0 spiro atoms. The summed E-state index contributed by atoms with van der Waals surface area (Å²) in [5.41, 5.74) is 0.922. The first-order chi connectivity index (χ1) is 17.3. The molecule has 0 saturated carbocycles. The zero-order chi connectivity index (χ0) is 26.0. The number of hydrogen-bond acceptors (Lipinski definition) is 7. The molecule has 0 unspecified atom stereocenters. The number of fused-ring (bicyclic) bond motifs is 1. The Balaban J connectivity index is 1.88. The van der Waals surface area contributed by atoms with Crippen LogP contribution in [0.4, 0.5) is 5.69 Å². The van der Waals surface area contributed by atoms with E-state index in [1.807, 2.05) is 0 Å². The summed E-state index contributed by atoms with van der Waals surface area (Å²) in [5.74, 6) is 0.755. The average Bonchev–Trinajstić information content (AvgIpc) is 2.86. The minimum absolute atomic E-state index is 0.195. The Bertz CT molecular complexity index is 1590. The molecule has 0 bridgehead atoms. The Hall–Kier alpha value is -4.60. The maximum Gasteiger partial charge on any atom is 0.337 e. The second-order valence-electron chi connectivity index (χ2n) is 8.07. The zero-order valence-corrected chi connectivity index (χ0v) is 20.6. The number of carbonyl (C=O) groups is 1. The van der Waals surface area contributed by atoms with Crippen LogP contribution >= 0.6 is 0 Å². The Morgan fingerprint density at radius 2 is 1.67 bits per heavy atom. The van der Waals surface area contributed by atoms with Gasteiger partial charge in [-0.15, -0.1) is 0 Å². The largest absolute Gasteiger partial charge is 0.497 e. The molecule has 2 aromatic carbocycles. The third-order valence-corrected chi connectivity index (χ3v) is 5.73. The fourth-order valence-corrected chi connectivity index (χ4v) is 4.08. The fourth-order valence-electron chi connectivity index (χ4n) is 4.08. The summed E-state index contributed by atoms with van der Waals surface area (Å²) in [4.78, 5) is 44.7. The van der Waals surface area contributed by atoms with Gasteiger partial charge in [0.25, 0.3) is 5.56 Å². The maximum atomic E-state index is 13.7. The van der Waals surface area contributed by atoms with E-state index < -0.39 is 23.7 Å². The van der Waals surface area contributed by atoms with Gasteiger partial charge in [0.15, 0.2) is 5.65 Å². The van der Waals surface area contributed by atoms with Gasteiger partial charge in [-0.2, -0.15) is 0 Å². The number of aryl methyl sites for hydroxylation is 2. The quantitative estimate of drug-likeness (QED) is 0.424. The second kappa shape index (κ2) is 9.95. The molecule has 0 aliphatic heterocycles. The number of nitrogens with zero attached hydrogens (tertiary/aromatic N) is 3. The number of nitrogens with one attached hydrogen (secondary N) is 1. The van der Waals surface area contributed by atoms with Crippen molar-refractivity contribution in [1.82, 2.24) is 14.1 Å². The summed E-state index contributed by atoms with van der Waals surface area (Å²) in [5, 5.41) is 2.94. The van der Waals surface area contributed by atoms with Gasteiger partial charge in [-0.05, 0) is 49.7 Å². The third-order valence-electron chi connectivity index (χ3n) is 5.73. The molecule has 1 amide bonds. The van der Waals surface area contributed by atoms with E-state index in [1.54, 1.807) is 62.4 Å². The Kier molecular flexibility index (Phi) is 6.77. The van der Waals surface area contributed by atoms with Crippen molar-refractivity contribution >= 4 is 22.6 Å². The molecule has 1 N–H and O–H groups in total. The fraction of sp³-hybridized carbons (Fsp3) is 0.231. The number of hydrogen-bond donors (Lipinski definition) is 1. The molecule has 0 atom stereocenters. The molecule has 0 radical (unpaired) electrons. The highest BCUT2D eigenvalue weighted by atomic mass is 16.5. The highest BCUT2D eigenvalue weighted by Crippen LogP contribution is 2.29. The van der Waals surface area contributed by atoms with Crippen LogP contribution in [-0.2, 0) is 11.3 Å². The second-order valence-corrected chi connectivity index (χ2v) is 8.07. The number of ether oxygens (including phenoxy) is 3. The van der Waals surface area contributed by atoms with E-state index in [-0.39, 0.29) is 11.0 Å². The molecular formula is C26H26N4O6. The summed E-state index contributed by atoms with van der Waals surface area (Å²) in [6.45, 7) is 3.03. The highest BCUT2D eigenvalue weighted by molar-refractivity contribution is 5.92. The molecule has 2 heterocycles. The molecule has 4 rings (SSSR count). The number of aromatic nitrogens is 3. The number of anilines is 1. The number of methoxy groups -OCH3 is 3. The Morgan fingerprint density at radius 3 is 2.36 bits per heavy atom. The van der Waals surface area contributed by atoms with E-state index in [9.17, 15) is 14.4 Å². The first kappa shape index (κ1) is 24.5. The van der Waals surface area contributed by atoms with Crippen LogP contribution < -0.4 is 30.8 Å². The molecule has 36 heavy (non-hydrogen) atoms. The number of para-hydroxylation sites is 2. The minimum atomic E-state index is -0.716. The lowest BCUT2D eigenvalue weighted by molar-refractivity contribution is -0.116. The van der Waals surface area contributed by atoms with Crippen LogP contribution in [0.3, 0.4) is 0 Å². The van der Waals surface area contributed by atoms with Crippen molar-refractivity contribution in [2.75, 3.05) is 26.6 Å². The van der Waals surface area contributed by atoms with E-state index >= 15 is 0 Å². The first-order valence-corrected chi connectivity index (χ1v) is 11.1. The van der Waals surface area contributed by atoms with Crippen LogP contribution in [-0.4, -0.2) is 41.4 Å². The average molecular weight is 491 g/mol. The van der Waals surface area contributed by atoms with Crippen molar-refractivity contribution in [3.63, 3.8) is 0 Å². The van der Waals surface area contributed by atoms with E-state index in [4.69, 9.17) is 14.2 Å². The summed E-state index contributed by atoms with van der Waals surface area (Å²) < 4.78 is 18.2. The van der Waals surface area contributed by atoms with Gasteiger partial charge in [0.05, 0.1) is 38.1 Å². The van der Waals surface area contributed by atoms with Gasteiger partial charge in [0.2, 0.25) is 5.91 Å². The molecule has 0 aliphatic rings. The lowest BCUT2D eigenvalue weighted by atomic mass is 10.1. The monoisotopic (exact) mass is 490 g/mol. The van der Waals surface area contributed by atoms with Gasteiger partial charge in [-0.3, -0.25) is 9.59 Å². The van der Waals surface area contributed by atoms with Crippen LogP contribution in [0.15, 0.2) is 58.1 Å². The molecule has 0 fully saturated rings. The molecule has 0 saturated heterocycles. The molecule has 4 aromatic rings. The Morgan fingerprint density at radius 1 is 0.944 bits per heavy atom. The summed E-state index contributed by atoms with van der Waals surface area (Å²) in [7, 11) is 4.47. The van der Waals surface area contributed by atoms with E-state index in [0.29, 0.717) is 39.9 Å². The SMILES string of the molecule is COc1ccc(NC(=O)Cn2c(=O)c3c(C)cc(C)nc3n(-c3ccccc3OC)c2=O)c(OC)c1. The number of carbonyl (C=O) groups excluding carboxylic acids is 1. The van der Waals surface area contributed by atoms with Gasteiger partial charge in [0, 0.05) is 11.8 Å². The maximum absolute atomic E-state index is 13.7. The van der Waals surface area contributed by atoms with Crippen LogP contribution in [0.1, 0.15) is 11.3 Å². The minimum Gasteiger partial charge on any atom is -0.497 e. The van der Waals surface area contributed by atoms with Gasteiger partial charge in [-0.1, -0.05) is 12.1 Å². The van der Waals surface area contributed by atoms with Crippen molar-refractivity contribution < 1.29 is 19.0 Å². The van der Waals surface area contributed by atoms with Crippen LogP contribution in [0.2, 0.25) is 0 Å². The molecule has 10 nitrogen and oxygen atoms in total. The molecule has 186 valence electrons. The summed E-state index contributed by atoms with van der Waals surface area (Å²) in [6, 6.07) is 13.6. The van der Waals surface area contributed by atoms with E-state index in [0.717, 1.165) is 4.57 Å². The Labute approximate surface area is 206 Å². The van der Waals surface area contributed by atoms with E-state index in [2.05, 4.69) is 10.3 Å². The van der Waals surface area contributed by atoms with Gasteiger partial charge in [-0.25, -0.2) is 18.9 Å². The zero-order valence-electron chi connectivity index (χ0n) is 20.6. The van der Waals surface area contributed by atoms with Crippen molar-refractivity contribution in [3.05, 3.63) is 80.6 Å². The third kappa shape index (κ3) is 4.40. The van der Waals surface area contributed by atoms with Gasteiger partial charge >= 0.3 is 5.69 Å². The van der Waals surface area contributed by atoms with Gasteiger partial charge < -0.3 is 19.5 Å². The van der Waals surface area contributed by atoms with Crippen molar-refractivity contribution in [2.45, 2.75) is 20.4 Å². The van der Waals surface area contributed by atoms with Crippen molar-refractivity contribution in [1.29, 1.82) is 0 Å². The predicted octanol–water partition coefficient (Wildman–Crippen LogP) is 2.83. The molecule has 2 aromatic heterocycles. The summed E-state index contributed by atoms with van der Waals surface area (Å²) in [6.07, 6.45) is 0. The highest BCUT2D eigenvalue weighted by Gasteiger charge is 2.21. The molecule has 10 heteroatoms. The first-order valence-electron chi connectivity index (χ1n) is 11.1. The standard InChI is InChI=1S/C26H26N4O6/c1-15-12-16(2)27-24-23(15)25(32)29(26(33)30(24)19-8-6-7-9-20(19)35-4)14-22(31)28-18-11-10-17(34-3)13-21(18)36-5/h6-13H,14H2,1-5H3,(H,28,31). The number of benzene rings is 2. The topological polar surface area (TPSA) is 114 Å². The van der Waals surface area contributed by atoms with Crippen LogP contribution in [0.5, 0.6) is 17.2 Å². The number of rotatable bonds is 7. The van der Waals surface area contributed by atoms with Gasteiger partial charge in [0.1, 0.15) is 23.8 Å². The smallest absolute Gasteiger partial charge is 0.337 e. The summed E-state index contributed by atoms with van der Waals surface area (Å²) >= 11 is 0. The lowest BCUT2D eigenvalue weighted by Crippen LogP contribution is -2.42.